The zero-order chi connectivity index (χ0) is 20.7. The van der Waals surface area contributed by atoms with Crippen molar-refractivity contribution in [2.24, 2.45) is 10.8 Å². The minimum atomic E-state index is -0.946. The highest BCUT2D eigenvalue weighted by Crippen LogP contribution is 2.19. The topological polar surface area (TPSA) is 71.1 Å². The fourth-order valence-corrected chi connectivity index (χ4v) is 2.10. The van der Waals surface area contributed by atoms with Crippen LogP contribution in [0.25, 0.3) is 0 Å². The molecule has 0 aromatic carbocycles. The van der Waals surface area contributed by atoms with Crippen molar-refractivity contribution >= 4 is 11.9 Å². The number of hydrogen-bond donors (Lipinski definition) is 0. The highest BCUT2D eigenvalue weighted by Gasteiger charge is 2.19. The molecule has 0 aliphatic carbocycles. The molecule has 0 spiro atoms. The molecule has 2 atom stereocenters. The summed E-state index contributed by atoms with van der Waals surface area (Å²) < 4.78 is 10.2. The predicted octanol–water partition coefficient (Wildman–Crippen LogP) is 4.70. The fraction of sp³-hybridized carbons (Fsp3) is 0.700. The third kappa shape index (κ3) is 11.8. The Morgan fingerprint density at radius 1 is 0.692 bits per heavy atom. The normalized spacial score (nSPS) is 16.1. The minimum Gasteiger partial charge on any atom is -0.430 e. The summed E-state index contributed by atoms with van der Waals surface area (Å²) in [6.45, 7) is 18.3. The van der Waals surface area contributed by atoms with Gasteiger partial charge in [-0.25, -0.2) is 9.59 Å². The molecule has 0 amide bonds. The lowest BCUT2D eigenvalue weighted by Crippen LogP contribution is -2.25. The van der Waals surface area contributed by atoms with Gasteiger partial charge < -0.3 is 9.47 Å². The quantitative estimate of drug-likeness (QED) is 0.213. The molecule has 26 heavy (non-hydrogen) atoms. The van der Waals surface area contributed by atoms with E-state index in [9.17, 15) is 9.59 Å². The summed E-state index contributed by atoms with van der Waals surface area (Å²) in [6, 6.07) is 0. The molecule has 150 valence electrons. The largest absolute Gasteiger partial charge is 0.430 e. The second-order valence-electron chi connectivity index (χ2n) is 8.53. The number of hydrogen-bond acceptors (Lipinski definition) is 6. The molecule has 0 radical (unpaired) electrons. The zero-order valence-corrected chi connectivity index (χ0v) is 17.8. The van der Waals surface area contributed by atoms with Gasteiger partial charge in [-0.2, -0.15) is 9.78 Å². The number of rotatable bonds is 7. The van der Waals surface area contributed by atoms with Crippen molar-refractivity contribution in [1.29, 1.82) is 0 Å². The van der Waals surface area contributed by atoms with Gasteiger partial charge in [0.15, 0.2) is 0 Å². The van der Waals surface area contributed by atoms with E-state index in [1.54, 1.807) is 13.8 Å². The zero-order valence-electron chi connectivity index (χ0n) is 17.8. The molecule has 0 fully saturated rings. The van der Waals surface area contributed by atoms with Gasteiger partial charge in [0.1, 0.15) is 0 Å². The van der Waals surface area contributed by atoms with Gasteiger partial charge in [-0.15, -0.1) is 0 Å². The molecular formula is C20H34O6. The average molecular weight is 370 g/mol. The molecule has 0 heterocycles. The van der Waals surface area contributed by atoms with Crippen molar-refractivity contribution in [3.63, 3.8) is 0 Å². The minimum absolute atomic E-state index is 0.134. The van der Waals surface area contributed by atoms with E-state index < -0.39 is 24.5 Å². The monoisotopic (exact) mass is 370 g/mol. The van der Waals surface area contributed by atoms with Gasteiger partial charge in [-0.3, -0.25) is 0 Å². The Morgan fingerprint density at radius 2 is 0.962 bits per heavy atom. The molecule has 0 saturated heterocycles. The van der Waals surface area contributed by atoms with Crippen LogP contribution in [0.3, 0.4) is 0 Å². The van der Waals surface area contributed by atoms with Crippen LogP contribution in [0.15, 0.2) is 23.3 Å². The van der Waals surface area contributed by atoms with E-state index in [1.807, 2.05) is 53.7 Å². The lowest BCUT2D eigenvalue weighted by molar-refractivity contribution is -0.414. The van der Waals surface area contributed by atoms with Crippen molar-refractivity contribution in [1.82, 2.24) is 0 Å². The van der Waals surface area contributed by atoms with Crippen LogP contribution in [0.5, 0.6) is 0 Å². The van der Waals surface area contributed by atoms with E-state index in [4.69, 9.17) is 19.2 Å². The highest BCUT2D eigenvalue weighted by atomic mass is 17.2. The smallest absolute Gasteiger partial charge is 0.335 e. The summed E-state index contributed by atoms with van der Waals surface area (Å²) in [6.07, 6.45) is 1.74. The molecule has 0 aliphatic rings. The standard InChI is InChI=1S/C20H34O6/c1-13(11-19(5,6)7)17(21)23-15(3)25-26-16(4)24-18(22)14(2)12-20(8,9)10/h11-12,15-16H,1-10H3/b13-11+,14-12+. The van der Waals surface area contributed by atoms with Crippen molar-refractivity contribution < 1.29 is 28.8 Å². The Balaban J connectivity index is 4.45. The lowest BCUT2D eigenvalue weighted by atomic mass is 9.94. The molecule has 2 unspecified atom stereocenters. The Morgan fingerprint density at radius 3 is 1.19 bits per heavy atom. The maximum Gasteiger partial charge on any atom is 0.335 e. The fourth-order valence-electron chi connectivity index (χ4n) is 2.10. The first-order valence-corrected chi connectivity index (χ1v) is 8.74. The first-order chi connectivity index (χ1) is 11.6. The number of allylic oxidation sites excluding steroid dienone is 2. The summed E-state index contributed by atoms with van der Waals surface area (Å²) in [5, 5.41) is 0. The summed E-state index contributed by atoms with van der Waals surface area (Å²) in [4.78, 5) is 33.9. The Bertz CT molecular complexity index is 496. The first-order valence-electron chi connectivity index (χ1n) is 8.74. The second-order valence-corrected chi connectivity index (χ2v) is 8.53. The molecule has 0 rings (SSSR count). The van der Waals surface area contributed by atoms with Crippen molar-refractivity contribution in [2.75, 3.05) is 0 Å². The molecule has 0 aromatic heterocycles. The van der Waals surface area contributed by atoms with Crippen LogP contribution in [0.1, 0.15) is 69.2 Å². The molecule has 6 heteroatoms. The van der Waals surface area contributed by atoms with Crippen molar-refractivity contribution in [3.8, 4) is 0 Å². The van der Waals surface area contributed by atoms with Gasteiger partial charge in [0.2, 0.25) is 12.6 Å². The average Bonchev–Trinajstić information content (AvgIpc) is 2.41. The summed E-state index contributed by atoms with van der Waals surface area (Å²) in [5.74, 6) is -0.991. The van der Waals surface area contributed by atoms with E-state index in [0.29, 0.717) is 11.1 Å². The van der Waals surface area contributed by atoms with Crippen LogP contribution in [0.2, 0.25) is 0 Å². The molecule has 0 aromatic rings. The molecule has 0 aliphatic heterocycles. The predicted molar refractivity (Wildman–Crippen MR) is 99.7 cm³/mol. The molecule has 0 saturated carbocycles. The SMILES string of the molecule is C/C(=C\C(C)(C)C)C(=O)OC(C)OOC(C)OC(=O)/C(C)=C/C(C)(C)C. The van der Waals surface area contributed by atoms with Crippen LogP contribution >= 0.6 is 0 Å². The van der Waals surface area contributed by atoms with Crippen molar-refractivity contribution in [3.05, 3.63) is 23.3 Å². The van der Waals surface area contributed by atoms with Crippen LogP contribution < -0.4 is 0 Å². The van der Waals surface area contributed by atoms with E-state index in [1.165, 1.54) is 13.8 Å². The van der Waals surface area contributed by atoms with Gasteiger partial charge in [0.05, 0.1) is 0 Å². The van der Waals surface area contributed by atoms with Crippen LogP contribution in [-0.4, -0.2) is 24.5 Å². The van der Waals surface area contributed by atoms with Gasteiger partial charge in [0, 0.05) is 25.0 Å². The summed E-state index contributed by atoms with van der Waals surface area (Å²) in [7, 11) is 0. The van der Waals surface area contributed by atoms with Gasteiger partial charge in [0.25, 0.3) is 0 Å². The lowest BCUT2D eigenvalue weighted by Gasteiger charge is -2.19. The number of carbonyl (C=O) groups excluding carboxylic acids is 2. The molecular weight excluding hydrogens is 336 g/mol. The van der Waals surface area contributed by atoms with Crippen LogP contribution in [0, 0.1) is 10.8 Å². The number of carbonyl (C=O) groups is 2. The highest BCUT2D eigenvalue weighted by molar-refractivity contribution is 5.88. The number of ether oxygens (including phenoxy) is 2. The Kier molecular flexibility index (Phi) is 9.25. The maximum atomic E-state index is 12.0. The second kappa shape index (κ2) is 9.88. The maximum absolute atomic E-state index is 12.0. The molecule has 0 N–H and O–H groups in total. The van der Waals surface area contributed by atoms with Crippen LogP contribution in [0.4, 0.5) is 0 Å². The van der Waals surface area contributed by atoms with Gasteiger partial charge in [-0.05, 0) is 24.7 Å². The van der Waals surface area contributed by atoms with Gasteiger partial charge >= 0.3 is 11.9 Å². The number of esters is 2. The van der Waals surface area contributed by atoms with E-state index in [-0.39, 0.29) is 10.8 Å². The Labute approximate surface area is 157 Å². The van der Waals surface area contributed by atoms with E-state index >= 15 is 0 Å². The van der Waals surface area contributed by atoms with Crippen molar-refractivity contribution in [2.45, 2.75) is 81.8 Å². The first kappa shape index (κ1) is 24.3. The van der Waals surface area contributed by atoms with E-state index in [0.717, 1.165) is 0 Å². The van der Waals surface area contributed by atoms with Crippen LogP contribution in [-0.2, 0) is 28.8 Å². The summed E-state index contributed by atoms with van der Waals surface area (Å²) in [5.41, 5.74) is 0.695. The molecule has 0 bridgehead atoms. The molecule has 6 nitrogen and oxygen atoms in total. The van der Waals surface area contributed by atoms with Gasteiger partial charge in [-0.1, -0.05) is 53.7 Å². The Hall–Kier alpha value is -1.66. The summed E-state index contributed by atoms with van der Waals surface area (Å²) >= 11 is 0. The third-order valence-electron chi connectivity index (χ3n) is 2.82. The van der Waals surface area contributed by atoms with E-state index in [2.05, 4.69) is 0 Å². The third-order valence-corrected chi connectivity index (χ3v) is 2.82.